The van der Waals surface area contributed by atoms with Crippen LogP contribution in [0.2, 0.25) is 0 Å². The van der Waals surface area contributed by atoms with Crippen LogP contribution in [0.3, 0.4) is 0 Å². The third-order valence-electron chi connectivity index (χ3n) is 15.6. The molecule has 0 aromatic heterocycles. The summed E-state index contributed by atoms with van der Waals surface area (Å²) in [5.41, 5.74) is 13.5. The predicted octanol–water partition coefficient (Wildman–Crippen LogP) is 21.8. The fraction of sp³-hybridized carbons (Fsp3) is 0.385. The molecule has 0 aliphatic rings. The van der Waals surface area contributed by atoms with Gasteiger partial charge in [0.1, 0.15) is 23.3 Å². The lowest BCUT2D eigenvalue weighted by atomic mass is 9.81. The van der Waals surface area contributed by atoms with Gasteiger partial charge in [-0.1, -0.05) is 256 Å². The first-order valence-corrected chi connectivity index (χ1v) is 30.4. The van der Waals surface area contributed by atoms with Crippen molar-refractivity contribution in [3.05, 3.63) is 238 Å². The molecule has 0 unspecified atom stereocenters. The molecular formula is C78H96F4O4. The van der Waals surface area contributed by atoms with Crippen LogP contribution < -0.4 is 0 Å². The first-order valence-electron chi connectivity index (χ1n) is 30.4. The molecule has 0 fully saturated rings. The highest BCUT2D eigenvalue weighted by atomic mass is 19.1. The predicted molar refractivity (Wildman–Crippen MR) is 352 cm³/mol. The van der Waals surface area contributed by atoms with E-state index in [4.69, 9.17) is 9.47 Å². The summed E-state index contributed by atoms with van der Waals surface area (Å²) in [6.07, 6.45) is 2.22. The van der Waals surface area contributed by atoms with Crippen molar-refractivity contribution in [1.82, 2.24) is 0 Å². The van der Waals surface area contributed by atoms with Gasteiger partial charge in [0.15, 0.2) is 0 Å². The summed E-state index contributed by atoms with van der Waals surface area (Å²) in [5.74, 6) is -0.915. The third-order valence-corrected chi connectivity index (χ3v) is 15.6. The lowest BCUT2D eigenvalue weighted by molar-refractivity contribution is 0.0155. The molecule has 0 aliphatic carbocycles. The van der Waals surface area contributed by atoms with Gasteiger partial charge in [0, 0.05) is 36.5 Å². The van der Waals surface area contributed by atoms with E-state index >= 15 is 0 Å². The van der Waals surface area contributed by atoms with E-state index in [-0.39, 0.29) is 57.1 Å². The Labute approximate surface area is 513 Å². The topological polar surface area (TPSA) is 58.9 Å². The fourth-order valence-electron chi connectivity index (χ4n) is 10.7. The Morgan fingerprint density at radius 1 is 0.302 bits per heavy atom. The second-order valence-electron chi connectivity index (χ2n) is 26.5. The number of methoxy groups -OCH3 is 2. The van der Waals surface area contributed by atoms with Crippen LogP contribution in [0.25, 0.3) is 44.5 Å². The van der Waals surface area contributed by atoms with E-state index in [0.717, 1.165) is 81.3 Å². The van der Waals surface area contributed by atoms with Crippen molar-refractivity contribution in [1.29, 1.82) is 0 Å². The quantitative estimate of drug-likeness (QED) is 0.107. The highest BCUT2D eigenvalue weighted by molar-refractivity contribution is 5.72. The molecular weight excluding hydrogens is 1080 g/mol. The summed E-state index contributed by atoms with van der Waals surface area (Å²) in [7, 11) is 3.44. The zero-order valence-corrected chi connectivity index (χ0v) is 54.5. The number of aryl methyl sites for hydroxylation is 4. The van der Waals surface area contributed by atoms with Gasteiger partial charge in [-0.25, -0.2) is 17.6 Å². The van der Waals surface area contributed by atoms with Crippen molar-refractivity contribution in [2.75, 3.05) is 14.2 Å². The molecule has 8 heteroatoms. The van der Waals surface area contributed by atoms with E-state index < -0.39 is 12.2 Å². The minimum atomic E-state index is -0.640. The fourth-order valence-corrected chi connectivity index (χ4v) is 10.7. The van der Waals surface area contributed by atoms with Gasteiger partial charge < -0.3 is 19.7 Å². The monoisotopic (exact) mass is 1170 g/mol. The molecule has 86 heavy (non-hydrogen) atoms. The van der Waals surface area contributed by atoms with Gasteiger partial charge >= 0.3 is 0 Å². The molecule has 4 atom stereocenters. The minimum absolute atomic E-state index is 0.0683. The Balaban J connectivity index is 0.000000209. The average molecular weight is 1170 g/mol. The van der Waals surface area contributed by atoms with Crippen LogP contribution in [0, 0.1) is 44.9 Å². The lowest BCUT2D eigenvalue weighted by Crippen LogP contribution is -2.21. The third kappa shape index (κ3) is 18.2. The van der Waals surface area contributed by atoms with Crippen LogP contribution in [-0.4, -0.2) is 24.4 Å². The Morgan fingerprint density at radius 3 is 0.698 bits per heavy atom. The van der Waals surface area contributed by atoms with Crippen molar-refractivity contribution in [3.8, 4) is 44.5 Å². The molecule has 0 saturated carbocycles. The SMILES string of the molecule is CCc1ccc(-c2ccccc2F)c([C@@H](O)C(C)(C)C)c1.CCc1ccc(-c2ccccc2F)c([C@@H](OC)C(C)(C)C)c1.CCc1ccc(-c2ccccc2F)c([C@H](O)C(C)(C)C)c1.CCc1ccc(-c2ccccc2F)c([C@H](OC)C(C)(C)C)c1. The van der Waals surface area contributed by atoms with Crippen molar-refractivity contribution >= 4 is 0 Å². The molecule has 2 N–H and O–H groups in total. The van der Waals surface area contributed by atoms with E-state index in [0.29, 0.717) is 22.3 Å². The van der Waals surface area contributed by atoms with Gasteiger partial charge in [-0.2, -0.15) is 0 Å². The highest BCUT2D eigenvalue weighted by Crippen LogP contribution is 2.45. The molecule has 0 saturated heterocycles. The number of rotatable bonds is 14. The number of benzene rings is 8. The Hall–Kier alpha value is -6.68. The average Bonchev–Trinajstić information content (AvgIpc) is 1.21. The maximum absolute atomic E-state index is 14.3. The van der Waals surface area contributed by atoms with Crippen molar-refractivity contribution < 1.29 is 37.2 Å². The van der Waals surface area contributed by atoms with E-state index in [1.807, 2.05) is 126 Å². The summed E-state index contributed by atoms with van der Waals surface area (Å²) in [6, 6.07) is 51.6. The van der Waals surface area contributed by atoms with E-state index in [9.17, 15) is 27.8 Å². The Kier molecular flexibility index (Phi) is 25.1. The maximum atomic E-state index is 14.3. The summed E-state index contributed by atoms with van der Waals surface area (Å²) in [5, 5.41) is 21.4. The Bertz CT molecular complexity index is 3220. The standard InChI is InChI=1S/2C20H25FO.2C19H23FO/c2*1-6-14-11-12-15(16-9-7-8-10-18(16)21)17(13-14)19(22-5)20(2,3)4;2*1-5-13-10-11-14(15-8-6-7-9-17(15)20)16(12-13)18(21)19(2,3)4/h2*7-13,19H,6H2,1-5H3;2*6-12,18,21H,5H2,1-4H3/t2*19-;2*18-/m1010/s1. The number of aliphatic hydroxyl groups is 2. The molecule has 0 heterocycles. The second-order valence-corrected chi connectivity index (χ2v) is 26.5. The normalized spacial score (nSPS) is 13.2. The highest BCUT2D eigenvalue weighted by Gasteiger charge is 2.32. The van der Waals surface area contributed by atoms with Crippen molar-refractivity contribution in [2.24, 2.45) is 21.7 Å². The summed E-state index contributed by atoms with van der Waals surface area (Å²) in [4.78, 5) is 0. The first-order chi connectivity index (χ1) is 40.4. The van der Waals surface area contributed by atoms with Crippen molar-refractivity contribution in [3.63, 3.8) is 0 Å². The van der Waals surface area contributed by atoms with Gasteiger partial charge in [0.05, 0.1) is 24.4 Å². The van der Waals surface area contributed by atoms with Gasteiger partial charge in [0.25, 0.3) is 0 Å². The molecule has 0 spiro atoms. The van der Waals surface area contributed by atoms with Crippen LogP contribution in [-0.2, 0) is 35.2 Å². The van der Waals surface area contributed by atoms with Gasteiger partial charge in [-0.3, -0.25) is 0 Å². The zero-order chi connectivity index (χ0) is 63.9. The molecule has 8 aromatic rings. The number of halogens is 4. The molecule has 0 radical (unpaired) electrons. The summed E-state index contributed by atoms with van der Waals surface area (Å²) >= 11 is 0. The first kappa shape index (κ1) is 70.1. The molecule has 8 rings (SSSR count). The molecule has 460 valence electrons. The van der Waals surface area contributed by atoms with Crippen LogP contribution in [0.1, 0.15) is 180 Å². The second kappa shape index (κ2) is 30.8. The van der Waals surface area contributed by atoms with Crippen LogP contribution in [0.4, 0.5) is 17.6 Å². The van der Waals surface area contributed by atoms with E-state index in [2.05, 4.69) is 93.5 Å². The summed E-state index contributed by atoms with van der Waals surface area (Å²) < 4.78 is 68.3. The number of ether oxygens (including phenoxy) is 2. The smallest absolute Gasteiger partial charge is 0.131 e. The maximum Gasteiger partial charge on any atom is 0.131 e. The minimum Gasteiger partial charge on any atom is -0.388 e. The van der Waals surface area contributed by atoms with E-state index in [1.54, 1.807) is 50.6 Å². The van der Waals surface area contributed by atoms with Crippen LogP contribution in [0.5, 0.6) is 0 Å². The number of hydrogen-bond donors (Lipinski definition) is 2. The molecule has 0 bridgehead atoms. The largest absolute Gasteiger partial charge is 0.388 e. The van der Waals surface area contributed by atoms with Gasteiger partial charge in [-0.15, -0.1) is 0 Å². The van der Waals surface area contributed by atoms with Crippen molar-refractivity contribution in [2.45, 2.75) is 161 Å². The lowest BCUT2D eigenvalue weighted by Gasteiger charge is -2.31. The number of aliphatic hydroxyl groups excluding tert-OH is 2. The van der Waals surface area contributed by atoms with E-state index in [1.165, 1.54) is 35.4 Å². The van der Waals surface area contributed by atoms with Gasteiger partial charge in [-0.05, 0) is 138 Å². The number of hydrogen-bond acceptors (Lipinski definition) is 4. The Morgan fingerprint density at radius 2 is 0.512 bits per heavy atom. The van der Waals surface area contributed by atoms with Crippen LogP contribution >= 0.6 is 0 Å². The molecule has 4 nitrogen and oxygen atoms in total. The molecule has 0 amide bonds. The molecule has 0 aliphatic heterocycles. The zero-order valence-electron chi connectivity index (χ0n) is 54.5. The van der Waals surface area contributed by atoms with Gasteiger partial charge in [0.2, 0.25) is 0 Å². The molecule has 8 aromatic carbocycles. The summed E-state index contributed by atoms with van der Waals surface area (Å²) in [6.45, 7) is 33.2. The van der Waals surface area contributed by atoms with Crippen LogP contribution in [0.15, 0.2) is 170 Å².